The molecule has 0 aliphatic carbocycles. The Hall–Kier alpha value is -2.63. The topological polar surface area (TPSA) is 54.3 Å². The van der Waals surface area contributed by atoms with E-state index < -0.39 is 17.7 Å². The molecule has 1 aromatic heterocycles. The molecule has 0 aliphatic heterocycles. The Morgan fingerprint density at radius 3 is 2.79 bits per heavy atom. The summed E-state index contributed by atoms with van der Waals surface area (Å²) >= 11 is 0. The number of benzene rings is 1. The van der Waals surface area contributed by atoms with E-state index in [1.807, 2.05) is 0 Å². The van der Waals surface area contributed by atoms with Gasteiger partial charge in [-0.25, -0.2) is 13.6 Å². The lowest BCUT2D eigenvalue weighted by Crippen LogP contribution is -2.24. The monoisotopic (exact) mass is 264 g/mol. The zero-order valence-electron chi connectivity index (χ0n) is 9.69. The Morgan fingerprint density at radius 2 is 2.11 bits per heavy atom. The van der Waals surface area contributed by atoms with Crippen LogP contribution in [-0.2, 0) is 0 Å². The molecule has 0 saturated carbocycles. The van der Waals surface area contributed by atoms with Gasteiger partial charge in [0.1, 0.15) is 17.4 Å². The molecule has 2 aromatic rings. The zero-order chi connectivity index (χ0) is 13.7. The molecule has 0 unspecified atom stereocenters. The average Bonchev–Trinajstić information content (AvgIpc) is 2.86. The summed E-state index contributed by atoms with van der Waals surface area (Å²) < 4.78 is 30.9. The Bertz CT molecular complexity index is 595. The van der Waals surface area contributed by atoms with Crippen molar-refractivity contribution in [1.29, 1.82) is 0 Å². The summed E-state index contributed by atoms with van der Waals surface area (Å²) in [5.74, 6) is -0.986. The first-order valence-electron chi connectivity index (χ1n) is 5.38. The van der Waals surface area contributed by atoms with E-state index in [0.29, 0.717) is 11.8 Å². The van der Waals surface area contributed by atoms with Crippen LogP contribution in [0.25, 0.3) is 6.08 Å². The van der Waals surface area contributed by atoms with Crippen molar-refractivity contribution < 1.29 is 18.0 Å². The quantitative estimate of drug-likeness (QED) is 0.893. The molecule has 2 rings (SSSR count). The molecule has 0 fully saturated rings. The Kier molecular flexibility index (Phi) is 3.92. The molecule has 0 spiro atoms. The number of hydrogen-bond donors (Lipinski definition) is 2. The molecule has 0 saturated heterocycles. The highest BCUT2D eigenvalue weighted by Crippen LogP contribution is 2.14. The molecule has 4 nitrogen and oxygen atoms in total. The minimum atomic E-state index is -0.842. The van der Waals surface area contributed by atoms with E-state index in [0.717, 1.165) is 12.1 Å². The minimum Gasteiger partial charge on any atom is -0.465 e. The first-order valence-corrected chi connectivity index (χ1v) is 5.38. The van der Waals surface area contributed by atoms with E-state index in [1.165, 1.54) is 18.5 Å². The highest BCUT2D eigenvalue weighted by atomic mass is 19.1. The molecule has 0 radical (unpaired) electrons. The van der Waals surface area contributed by atoms with E-state index >= 15 is 0 Å². The number of urea groups is 1. The summed E-state index contributed by atoms with van der Waals surface area (Å²) in [5, 5.41) is 4.60. The number of carbonyl (C=O) groups excluding carboxylic acids is 1. The molecule has 1 aromatic carbocycles. The third kappa shape index (κ3) is 3.67. The van der Waals surface area contributed by atoms with Crippen LogP contribution in [0.15, 0.2) is 47.2 Å². The predicted molar refractivity (Wildman–Crippen MR) is 66.3 cm³/mol. The maximum absolute atomic E-state index is 13.2. The van der Waals surface area contributed by atoms with Gasteiger partial charge in [0, 0.05) is 12.3 Å². The summed E-state index contributed by atoms with van der Waals surface area (Å²) in [6.07, 6.45) is 4.36. The molecule has 2 N–H and O–H groups in total. The molecule has 0 aliphatic rings. The van der Waals surface area contributed by atoms with Crippen LogP contribution < -0.4 is 10.6 Å². The van der Waals surface area contributed by atoms with Gasteiger partial charge in [0.05, 0.1) is 12.0 Å². The number of furan rings is 1. The van der Waals surface area contributed by atoms with E-state index in [2.05, 4.69) is 10.6 Å². The van der Waals surface area contributed by atoms with Crippen LogP contribution in [0.3, 0.4) is 0 Å². The molecular formula is C13H10F2N2O2. The van der Waals surface area contributed by atoms with Gasteiger partial charge in [-0.05, 0) is 30.3 Å². The average molecular weight is 264 g/mol. The van der Waals surface area contributed by atoms with Crippen molar-refractivity contribution >= 4 is 17.8 Å². The van der Waals surface area contributed by atoms with E-state index in [1.54, 1.807) is 12.1 Å². The Balaban J connectivity index is 1.91. The summed E-state index contributed by atoms with van der Waals surface area (Å²) in [6, 6.07) is 5.64. The fourth-order valence-electron chi connectivity index (χ4n) is 1.33. The van der Waals surface area contributed by atoms with Crippen LogP contribution in [-0.4, -0.2) is 6.03 Å². The van der Waals surface area contributed by atoms with E-state index in [9.17, 15) is 13.6 Å². The fourth-order valence-corrected chi connectivity index (χ4v) is 1.33. The molecule has 6 heteroatoms. The number of nitrogens with one attached hydrogen (secondary N) is 2. The first-order chi connectivity index (χ1) is 9.15. The SMILES string of the molecule is O=C(NC=Cc1ccco1)Nc1ccc(F)cc1F. The zero-order valence-corrected chi connectivity index (χ0v) is 9.69. The number of anilines is 1. The van der Waals surface area contributed by atoms with Gasteiger partial charge in [0.2, 0.25) is 0 Å². The van der Waals surface area contributed by atoms with E-state index in [-0.39, 0.29) is 5.69 Å². The highest BCUT2D eigenvalue weighted by Gasteiger charge is 2.06. The molecule has 2 amide bonds. The second-order valence-electron chi connectivity index (χ2n) is 3.57. The third-order valence-electron chi connectivity index (χ3n) is 2.18. The maximum Gasteiger partial charge on any atom is 0.323 e. The Labute approximate surface area is 107 Å². The Morgan fingerprint density at radius 1 is 1.26 bits per heavy atom. The molecule has 19 heavy (non-hydrogen) atoms. The molecular weight excluding hydrogens is 254 g/mol. The van der Waals surface area contributed by atoms with Crippen LogP contribution >= 0.6 is 0 Å². The predicted octanol–water partition coefficient (Wildman–Crippen LogP) is 3.35. The fraction of sp³-hybridized carbons (Fsp3) is 0. The van der Waals surface area contributed by atoms with Crippen molar-refractivity contribution in [2.24, 2.45) is 0 Å². The van der Waals surface area contributed by atoms with Gasteiger partial charge in [0.25, 0.3) is 0 Å². The third-order valence-corrected chi connectivity index (χ3v) is 2.18. The molecule has 0 bridgehead atoms. The number of amides is 2. The van der Waals surface area contributed by atoms with Crippen molar-refractivity contribution in [3.8, 4) is 0 Å². The van der Waals surface area contributed by atoms with Gasteiger partial charge < -0.3 is 15.1 Å². The van der Waals surface area contributed by atoms with Crippen LogP contribution in [0.2, 0.25) is 0 Å². The van der Waals surface area contributed by atoms with Gasteiger partial charge in [-0.3, -0.25) is 0 Å². The molecule has 1 heterocycles. The van der Waals surface area contributed by atoms with Gasteiger partial charge >= 0.3 is 6.03 Å². The minimum absolute atomic E-state index is 0.106. The van der Waals surface area contributed by atoms with Gasteiger partial charge in [-0.1, -0.05) is 0 Å². The van der Waals surface area contributed by atoms with E-state index in [4.69, 9.17) is 4.42 Å². The van der Waals surface area contributed by atoms with Crippen molar-refractivity contribution in [3.63, 3.8) is 0 Å². The molecule has 0 atom stereocenters. The van der Waals surface area contributed by atoms with Gasteiger partial charge in [-0.15, -0.1) is 0 Å². The molecule has 98 valence electrons. The summed E-state index contributed by atoms with van der Waals surface area (Å²) in [4.78, 5) is 11.4. The van der Waals surface area contributed by atoms with Crippen molar-refractivity contribution in [1.82, 2.24) is 5.32 Å². The van der Waals surface area contributed by atoms with Crippen molar-refractivity contribution in [2.75, 3.05) is 5.32 Å². The second kappa shape index (κ2) is 5.81. The van der Waals surface area contributed by atoms with Gasteiger partial charge in [0.15, 0.2) is 0 Å². The van der Waals surface area contributed by atoms with Crippen LogP contribution in [0.1, 0.15) is 5.76 Å². The first kappa shape index (κ1) is 12.8. The number of carbonyl (C=O) groups is 1. The van der Waals surface area contributed by atoms with Crippen LogP contribution in [0, 0.1) is 11.6 Å². The summed E-state index contributed by atoms with van der Waals surface area (Å²) in [7, 11) is 0. The lowest BCUT2D eigenvalue weighted by atomic mass is 10.3. The number of halogens is 2. The van der Waals surface area contributed by atoms with Crippen LogP contribution in [0.5, 0.6) is 0 Å². The smallest absolute Gasteiger partial charge is 0.323 e. The standard InChI is InChI=1S/C13H10F2N2O2/c14-9-3-4-12(11(15)8-9)17-13(18)16-6-5-10-2-1-7-19-10/h1-8H,(H2,16,17,18). The number of hydrogen-bond acceptors (Lipinski definition) is 2. The lowest BCUT2D eigenvalue weighted by Gasteiger charge is -2.05. The second-order valence-corrected chi connectivity index (χ2v) is 3.57. The normalized spacial score (nSPS) is 10.6. The summed E-state index contributed by atoms with van der Waals surface area (Å²) in [6.45, 7) is 0. The van der Waals surface area contributed by atoms with Crippen LogP contribution in [0.4, 0.5) is 19.3 Å². The largest absolute Gasteiger partial charge is 0.465 e. The summed E-state index contributed by atoms with van der Waals surface area (Å²) in [5.41, 5.74) is -0.106. The van der Waals surface area contributed by atoms with Crippen molar-refractivity contribution in [3.05, 3.63) is 60.2 Å². The maximum atomic E-state index is 13.2. The highest BCUT2D eigenvalue weighted by molar-refractivity contribution is 5.90. The number of rotatable bonds is 3. The lowest BCUT2D eigenvalue weighted by molar-refractivity contribution is 0.255. The van der Waals surface area contributed by atoms with Crippen molar-refractivity contribution in [2.45, 2.75) is 0 Å². The van der Waals surface area contributed by atoms with Gasteiger partial charge in [-0.2, -0.15) is 0 Å².